The van der Waals surface area contributed by atoms with Crippen molar-refractivity contribution in [3.05, 3.63) is 92.7 Å². The number of aromatic hydroxyl groups is 1. The minimum absolute atomic E-state index is 0.0434. The van der Waals surface area contributed by atoms with Crippen molar-refractivity contribution in [3.8, 4) is 11.5 Å². The highest BCUT2D eigenvalue weighted by Gasteiger charge is 2.15. The first kappa shape index (κ1) is 28.7. The molecule has 3 rings (SSSR count). The molecule has 2 amide bonds. The third-order valence-electron chi connectivity index (χ3n) is 5.59. The number of anilines is 1. The average molecular weight is 626 g/mol. The second kappa shape index (κ2) is 14.2. The summed E-state index contributed by atoms with van der Waals surface area (Å²) in [6.45, 7) is 8.17. The zero-order valence-corrected chi connectivity index (χ0v) is 23.7. The molecule has 0 aliphatic carbocycles. The van der Waals surface area contributed by atoms with Crippen molar-refractivity contribution in [1.29, 1.82) is 0 Å². The van der Waals surface area contributed by atoms with Crippen LogP contribution in [0.5, 0.6) is 11.5 Å². The maximum Gasteiger partial charge on any atom is 0.287 e. The molecule has 0 radical (unpaired) electrons. The van der Waals surface area contributed by atoms with Gasteiger partial charge in [0.15, 0.2) is 11.5 Å². The lowest BCUT2D eigenvalue weighted by Gasteiger charge is -2.21. The van der Waals surface area contributed by atoms with Gasteiger partial charge in [0.2, 0.25) is 0 Å². The largest absolute Gasteiger partial charge is 0.504 e. The van der Waals surface area contributed by atoms with Crippen LogP contribution >= 0.6 is 22.6 Å². The van der Waals surface area contributed by atoms with Crippen LogP contribution < -0.4 is 20.4 Å². The summed E-state index contributed by atoms with van der Waals surface area (Å²) in [5, 5.41) is 16.9. The van der Waals surface area contributed by atoms with Gasteiger partial charge in [-0.3, -0.25) is 9.59 Å². The Kier molecular flexibility index (Phi) is 10.7. The Bertz CT molecular complexity index is 1300. The van der Waals surface area contributed by atoms with Gasteiger partial charge in [-0.1, -0.05) is 30.3 Å². The number of amides is 2. The molecule has 9 heteroatoms. The van der Waals surface area contributed by atoms with Crippen molar-refractivity contribution in [3.63, 3.8) is 0 Å². The average Bonchev–Trinajstić information content (AvgIpc) is 2.93. The van der Waals surface area contributed by atoms with Crippen LogP contribution in [0.3, 0.4) is 0 Å². The highest BCUT2D eigenvalue weighted by Crippen LogP contribution is 2.32. The van der Waals surface area contributed by atoms with Crippen molar-refractivity contribution in [1.82, 2.24) is 10.7 Å². The van der Waals surface area contributed by atoms with Crippen LogP contribution in [-0.4, -0.2) is 42.8 Å². The van der Waals surface area contributed by atoms with E-state index in [1.807, 2.05) is 59.8 Å². The Morgan fingerprint density at radius 2 is 1.68 bits per heavy atom. The summed E-state index contributed by atoms with van der Waals surface area (Å²) in [5.41, 5.74) is 5.39. The molecule has 0 bridgehead atoms. The summed E-state index contributed by atoms with van der Waals surface area (Å²) >= 11 is 1.99. The van der Waals surface area contributed by atoms with Gasteiger partial charge in [-0.2, -0.15) is 5.10 Å². The van der Waals surface area contributed by atoms with E-state index in [0.717, 1.165) is 24.3 Å². The van der Waals surface area contributed by atoms with Gasteiger partial charge in [-0.25, -0.2) is 5.43 Å². The van der Waals surface area contributed by atoms with Crippen molar-refractivity contribution in [2.75, 3.05) is 24.6 Å². The van der Waals surface area contributed by atoms with Crippen LogP contribution in [0.4, 0.5) is 5.69 Å². The minimum atomic E-state index is -0.586. The number of halogens is 1. The normalized spacial score (nSPS) is 11.3. The van der Waals surface area contributed by atoms with Gasteiger partial charge >= 0.3 is 0 Å². The lowest BCUT2D eigenvalue weighted by molar-refractivity contribution is -0.117. The maximum atomic E-state index is 13.1. The fraction of sp³-hybridized carbons (Fsp3) is 0.207. The van der Waals surface area contributed by atoms with E-state index in [4.69, 9.17) is 4.74 Å². The van der Waals surface area contributed by atoms with E-state index in [2.05, 4.69) is 34.6 Å². The lowest BCUT2D eigenvalue weighted by atomic mass is 10.1. The summed E-state index contributed by atoms with van der Waals surface area (Å²) in [6, 6.07) is 19.7. The van der Waals surface area contributed by atoms with Crippen molar-refractivity contribution < 1.29 is 19.4 Å². The molecule has 8 nitrogen and oxygen atoms in total. The van der Waals surface area contributed by atoms with Gasteiger partial charge in [-0.05, 0) is 97.0 Å². The number of hydrogen-bond acceptors (Lipinski definition) is 6. The second-order valence-electron chi connectivity index (χ2n) is 8.12. The molecule has 38 heavy (non-hydrogen) atoms. The second-order valence-corrected chi connectivity index (χ2v) is 9.29. The first-order valence-electron chi connectivity index (χ1n) is 12.3. The molecule has 0 heterocycles. The molecule has 3 aromatic rings. The quantitative estimate of drug-likeness (QED) is 0.118. The smallest absolute Gasteiger partial charge is 0.287 e. The Morgan fingerprint density at radius 3 is 2.32 bits per heavy atom. The molecule has 0 spiro atoms. The molecule has 0 fully saturated rings. The van der Waals surface area contributed by atoms with E-state index in [0.29, 0.717) is 27.1 Å². The molecule has 0 unspecified atom stereocenters. The number of benzene rings is 3. The molecule has 0 saturated carbocycles. The van der Waals surface area contributed by atoms with Crippen LogP contribution in [-0.2, 0) is 4.79 Å². The predicted octanol–water partition coefficient (Wildman–Crippen LogP) is 5.16. The van der Waals surface area contributed by atoms with E-state index in [1.54, 1.807) is 42.5 Å². The zero-order valence-electron chi connectivity index (χ0n) is 21.6. The minimum Gasteiger partial charge on any atom is -0.504 e. The Hall–Kier alpha value is -3.86. The third kappa shape index (κ3) is 7.82. The first-order chi connectivity index (χ1) is 18.4. The Balaban J connectivity index is 1.84. The van der Waals surface area contributed by atoms with Crippen LogP contribution in [0.15, 0.2) is 77.5 Å². The highest BCUT2D eigenvalue weighted by atomic mass is 127. The standard InChI is InChI=1S/C29H31IN4O4/c1-4-34(5-2)23-14-12-20(13-15-23)17-25(32-28(36)22-10-8-7-9-11-22)29(37)33-31-19-21-16-24(30)27(35)26(18-21)38-6-3/h7-19,35H,4-6H2,1-3H3,(H,32,36)(H,33,37)/b25-17+,31-19-. The molecular weight excluding hydrogens is 595 g/mol. The summed E-state index contributed by atoms with van der Waals surface area (Å²) in [4.78, 5) is 28.1. The van der Waals surface area contributed by atoms with Gasteiger partial charge in [0, 0.05) is 24.3 Å². The number of phenols is 1. The number of hydrazone groups is 1. The molecule has 0 aromatic heterocycles. The number of rotatable bonds is 11. The van der Waals surface area contributed by atoms with E-state index in [9.17, 15) is 14.7 Å². The molecule has 0 saturated heterocycles. The number of hydrogen-bond donors (Lipinski definition) is 3. The summed E-state index contributed by atoms with van der Waals surface area (Å²) < 4.78 is 6.04. The predicted molar refractivity (Wildman–Crippen MR) is 160 cm³/mol. The van der Waals surface area contributed by atoms with Gasteiger partial charge in [0.1, 0.15) is 5.70 Å². The number of phenolic OH excluding ortho intramolecular Hbond substituents is 1. The third-order valence-corrected chi connectivity index (χ3v) is 6.41. The van der Waals surface area contributed by atoms with Crippen LogP contribution in [0.25, 0.3) is 6.08 Å². The van der Waals surface area contributed by atoms with Gasteiger partial charge in [0.05, 0.1) is 16.4 Å². The number of carbonyl (C=O) groups excluding carboxylic acids is 2. The van der Waals surface area contributed by atoms with Crippen LogP contribution in [0, 0.1) is 3.57 Å². The van der Waals surface area contributed by atoms with E-state index >= 15 is 0 Å². The SMILES string of the molecule is CCOc1cc(/C=N\NC(=O)/C(=C\c2ccc(N(CC)CC)cc2)NC(=O)c2ccccc2)cc(I)c1O. The fourth-order valence-electron chi connectivity index (χ4n) is 3.64. The lowest BCUT2D eigenvalue weighted by Crippen LogP contribution is -2.32. The monoisotopic (exact) mass is 626 g/mol. The number of ether oxygens (including phenoxy) is 1. The topological polar surface area (TPSA) is 103 Å². The molecule has 0 aliphatic heterocycles. The number of nitrogens with zero attached hydrogens (tertiary/aromatic N) is 2. The van der Waals surface area contributed by atoms with Gasteiger partial charge in [-0.15, -0.1) is 0 Å². The maximum absolute atomic E-state index is 13.1. The summed E-state index contributed by atoms with van der Waals surface area (Å²) in [6.07, 6.45) is 3.05. The van der Waals surface area contributed by atoms with Crippen LogP contribution in [0.2, 0.25) is 0 Å². The molecule has 0 aliphatic rings. The highest BCUT2D eigenvalue weighted by molar-refractivity contribution is 14.1. The molecular formula is C29H31IN4O4. The van der Waals surface area contributed by atoms with E-state index < -0.39 is 11.8 Å². The number of nitrogens with one attached hydrogen (secondary N) is 2. The molecule has 3 aromatic carbocycles. The Labute approximate surface area is 236 Å². The Morgan fingerprint density at radius 1 is 1.00 bits per heavy atom. The zero-order chi connectivity index (χ0) is 27.5. The van der Waals surface area contributed by atoms with Gasteiger partial charge < -0.3 is 20.1 Å². The first-order valence-corrected chi connectivity index (χ1v) is 13.4. The fourth-order valence-corrected chi connectivity index (χ4v) is 4.26. The molecule has 198 valence electrons. The van der Waals surface area contributed by atoms with Crippen molar-refractivity contribution >= 4 is 52.4 Å². The molecule has 0 atom stereocenters. The van der Waals surface area contributed by atoms with Crippen molar-refractivity contribution in [2.24, 2.45) is 5.10 Å². The van der Waals surface area contributed by atoms with Crippen LogP contribution in [0.1, 0.15) is 42.3 Å². The number of carbonyl (C=O) groups is 2. The molecule has 3 N–H and O–H groups in total. The van der Waals surface area contributed by atoms with E-state index in [1.165, 1.54) is 6.21 Å². The van der Waals surface area contributed by atoms with E-state index in [-0.39, 0.29) is 11.4 Å². The van der Waals surface area contributed by atoms with Gasteiger partial charge in [0.25, 0.3) is 11.8 Å². The summed E-state index contributed by atoms with van der Waals surface area (Å²) in [7, 11) is 0. The summed E-state index contributed by atoms with van der Waals surface area (Å²) in [5.74, 6) is -0.618. The van der Waals surface area contributed by atoms with Crippen molar-refractivity contribution in [2.45, 2.75) is 20.8 Å².